The summed E-state index contributed by atoms with van der Waals surface area (Å²) in [6, 6.07) is 7.42. The second-order valence-electron chi connectivity index (χ2n) is 8.12. The number of nitrogens with zero attached hydrogens (tertiary/aromatic N) is 2. The van der Waals surface area contributed by atoms with E-state index in [1.807, 2.05) is 30.0 Å². The molecule has 2 aliphatic rings. The van der Waals surface area contributed by atoms with Crippen LogP contribution in [0.15, 0.2) is 29.1 Å². The van der Waals surface area contributed by atoms with E-state index >= 15 is 0 Å². The Hall–Kier alpha value is -3.69. The number of aromatic amines is 1. The molecular formula is C22H26N6O4. The van der Waals surface area contributed by atoms with Crippen LogP contribution in [0.4, 0.5) is 17.5 Å². The van der Waals surface area contributed by atoms with E-state index in [4.69, 9.17) is 5.73 Å². The van der Waals surface area contributed by atoms with Crippen molar-refractivity contribution in [1.82, 2.24) is 9.97 Å². The third-order valence-corrected chi connectivity index (χ3v) is 6.11. The van der Waals surface area contributed by atoms with Crippen LogP contribution in [-0.4, -0.2) is 40.8 Å². The molecule has 3 heterocycles. The number of rotatable bonds is 5. The number of piperidine rings is 1. The molecule has 0 bridgehead atoms. The molecule has 1 saturated heterocycles. The van der Waals surface area contributed by atoms with Crippen LogP contribution in [0.3, 0.4) is 0 Å². The molecule has 2 aromatic rings. The molecule has 0 spiro atoms. The predicted molar refractivity (Wildman–Crippen MR) is 119 cm³/mol. The Balaban J connectivity index is 1.60. The molecule has 0 aliphatic carbocycles. The number of benzene rings is 1. The van der Waals surface area contributed by atoms with Crippen molar-refractivity contribution in [3.8, 4) is 0 Å². The zero-order valence-electron chi connectivity index (χ0n) is 17.8. The molecule has 4 rings (SSSR count). The molecule has 1 aromatic carbocycles. The summed E-state index contributed by atoms with van der Waals surface area (Å²) in [7, 11) is 0. The molecule has 0 unspecified atom stereocenters. The Kier molecular flexibility index (Phi) is 5.93. The van der Waals surface area contributed by atoms with Gasteiger partial charge in [-0.3, -0.25) is 24.2 Å². The molecule has 32 heavy (non-hydrogen) atoms. The van der Waals surface area contributed by atoms with Crippen molar-refractivity contribution < 1.29 is 14.4 Å². The Morgan fingerprint density at radius 2 is 1.94 bits per heavy atom. The summed E-state index contributed by atoms with van der Waals surface area (Å²) in [5, 5.41) is 5.49. The fourth-order valence-electron chi connectivity index (χ4n) is 4.28. The van der Waals surface area contributed by atoms with E-state index in [1.54, 1.807) is 6.07 Å². The molecule has 0 saturated carbocycles. The molecule has 3 amide bonds. The van der Waals surface area contributed by atoms with Gasteiger partial charge in [0.1, 0.15) is 5.82 Å². The van der Waals surface area contributed by atoms with Crippen LogP contribution in [0.1, 0.15) is 43.2 Å². The van der Waals surface area contributed by atoms with Gasteiger partial charge in [0.2, 0.25) is 23.7 Å². The lowest BCUT2D eigenvalue weighted by atomic mass is 9.92. The Labute approximate surface area is 184 Å². The molecule has 10 nitrogen and oxygen atoms in total. The van der Waals surface area contributed by atoms with Gasteiger partial charge in [0, 0.05) is 31.1 Å². The highest BCUT2D eigenvalue weighted by Gasteiger charge is 2.35. The number of carbonyl (C=O) groups excluding carboxylic acids is 3. The van der Waals surface area contributed by atoms with Crippen molar-refractivity contribution in [2.75, 3.05) is 28.6 Å². The van der Waals surface area contributed by atoms with E-state index in [9.17, 15) is 19.2 Å². The fraction of sp³-hybridized carbons (Fsp3) is 0.409. The summed E-state index contributed by atoms with van der Waals surface area (Å²) in [6.45, 7) is 2.98. The van der Waals surface area contributed by atoms with Crippen molar-refractivity contribution >= 4 is 35.2 Å². The predicted octanol–water partition coefficient (Wildman–Crippen LogP) is 1.10. The summed E-state index contributed by atoms with van der Waals surface area (Å²) in [5.41, 5.74) is 6.68. The number of H-pyrrole nitrogens is 1. The number of carbonyl (C=O) groups is 3. The Bertz CT molecular complexity index is 1120. The first-order chi connectivity index (χ1) is 15.4. The largest absolute Gasteiger partial charge is 0.369 e. The average Bonchev–Trinajstić information content (AvgIpc) is 2.78. The van der Waals surface area contributed by atoms with E-state index in [2.05, 4.69) is 20.6 Å². The molecular weight excluding hydrogens is 412 g/mol. The Morgan fingerprint density at radius 1 is 1.22 bits per heavy atom. The van der Waals surface area contributed by atoms with Crippen LogP contribution in [0, 0.1) is 5.92 Å². The molecule has 0 radical (unpaired) electrons. The number of fused-ring (bicyclic) bond motifs is 1. The number of aromatic nitrogens is 2. The standard InChI is InChI=1S/C22H26N6O4/c1-2-12-5-3-4-6-15(12)24-20(31)14-11-16(29)25-19-17(14)21(32)27-22(26-19)28-9-7-13(8-10-28)18(23)30/h3-6,13-14H,2,7-11H2,1H3,(H2,23,30)(H,24,31)(H2,25,26,27,29,32)/t14-/m0/s1. The van der Waals surface area contributed by atoms with E-state index in [-0.39, 0.29) is 35.5 Å². The number of nitrogens with one attached hydrogen (secondary N) is 3. The van der Waals surface area contributed by atoms with E-state index in [0.717, 1.165) is 12.0 Å². The number of nitrogens with two attached hydrogens (primary N) is 1. The lowest BCUT2D eigenvalue weighted by Gasteiger charge is -2.32. The van der Waals surface area contributed by atoms with Gasteiger partial charge in [0.05, 0.1) is 11.5 Å². The summed E-state index contributed by atoms with van der Waals surface area (Å²) < 4.78 is 0. The molecule has 168 valence electrons. The molecule has 5 N–H and O–H groups in total. The zero-order chi connectivity index (χ0) is 22.8. The first-order valence-electron chi connectivity index (χ1n) is 10.7. The number of aryl methyl sites for hydroxylation is 1. The van der Waals surface area contributed by atoms with Gasteiger partial charge >= 0.3 is 0 Å². The lowest BCUT2D eigenvalue weighted by molar-refractivity contribution is -0.123. The second kappa shape index (κ2) is 8.81. The smallest absolute Gasteiger partial charge is 0.258 e. The first-order valence-corrected chi connectivity index (χ1v) is 10.7. The number of hydrogen-bond acceptors (Lipinski definition) is 6. The van der Waals surface area contributed by atoms with E-state index in [1.165, 1.54) is 0 Å². The van der Waals surface area contributed by atoms with Crippen molar-refractivity contribution in [2.24, 2.45) is 11.7 Å². The maximum Gasteiger partial charge on any atom is 0.258 e. The van der Waals surface area contributed by atoms with Crippen molar-refractivity contribution in [1.29, 1.82) is 0 Å². The van der Waals surface area contributed by atoms with Crippen LogP contribution in [0.5, 0.6) is 0 Å². The van der Waals surface area contributed by atoms with Crippen molar-refractivity contribution in [3.05, 3.63) is 45.7 Å². The van der Waals surface area contributed by atoms with Crippen LogP contribution in [-0.2, 0) is 20.8 Å². The summed E-state index contributed by atoms with van der Waals surface area (Å²) in [6.07, 6.45) is 1.71. The SMILES string of the molecule is CCc1ccccc1NC(=O)[C@H]1CC(=O)Nc2nc(N3CCC(C(N)=O)CC3)[nH]c(=O)c21. The third-order valence-electron chi connectivity index (χ3n) is 6.11. The summed E-state index contributed by atoms with van der Waals surface area (Å²) in [4.78, 5) is 58.8. The minimum absolute atomic E-state index is 0.0981. The monoisotopic (exact) mass is 438 g/mol. The van der Waals surface area contributed by atoms with Crippen molar-refractivity contribution in [3.63, 3.8) is 0 Å². The Morgan fingerprint density at radius 3 is 2.62 bits per heavy atom. The second-order valence-corrected chi connectivity index (χ2v) is 8.12. The fourth-order valence-corrected chi connectivity index (χ4v) is 4.28. The van der Waals surface area contributed by atoms with Crippen molar-refractivity contribution in [2.45, 2.75) is 38.5 Å². The quantitative estimate of drug-likeness (QED) is 0.549. The maximum absolute atomic E-state index is 13.1. The van der Waals surface area contributed by atoms with Gasteiger partial charge in [-0.2, -0.15) is 4.98 Å². The van der Waals surface area contributed by atoms with Gasteiger partial charge in [-0.25, -0.2) is 0 Å². The topological polar surface area (TPSA) is 150 Å². The highest BCUT2D eigenvalue weighted by Crippen LogP contribution is 2.31. The minimum atomic E-state index is -0.949. The number of para-hydroxylation sites is 1. The van der Waals surface area contributed by atoms with Gasteiger partial charge in [-0.05, 0) is 30.9 Å². The molecule has 1 fully saturated rings. The van der Waals surface area contributed by atoms with E-state index < -0.39 is 17.4 Å². The maximum atomic E-state index is 13.1. The highest BCUT2D eigenvalue weighted by atomic mass is 16.2. The van der Waals surface area contributed by atoms with Crippen LogP contribution in [0.25, 0.3) is 0 Å². The first kappa shape index (κ1) is 21.5. The molecule has 1 aromatic heterocycles. The van der Waals surface area contributed by atoms with Gasteiger partial charge < -0.3 is 21.3 Å². The van der Waals surface area contributed by atoms with Crippen LogP contribution < -0.4 is 26.8 Å². The van der Waals surface area contributed by atoms with Gasteiger partial charge in [-0.15, -0.1) is 0 Å². The van der Waals surface area contributed by atoms with E-state index in [0.29, 0.717) is 37.6 Å². The average molecular weight is 438 g/mol. The lowest BCUT2D eigenvalue weighted by Crippen LogP contribution is -2.41. The van der Waals surface area contributed by atoms with Gasteiger partial charge in [0.25, 0.3) is 5.56 Å². The van der Waals surface area contributed by atoms with Crippen LogP contribution in [0.2, 0.25) is 0 Å². The third kappa shape index (κ3) is 4.20. The van der Waals surface area contributed by atoms with Crippen LogP contribution >= 0.6 is 0 Å². The number of primary amides is 1. The zero-order valence-corrected chi connectivity index (χ0v) is 17.8. The molecule has 2 aliphatic heterocycles. The number of amides is 3. The molecule has 10 heteroatoms. The number of hydrogen-bond donors (Lipinski definition) is 4. The van der Waals surface area contributed by atoms with Gasteiger partial charge in [-0.1, -0.05) is 25.1 Å². The number of anilines is 3. The highest BCUT2D eigenvalue weighted by molar-refractivity contribution is 6.04. The van der Waals surface area contributed by atoms with Gasteiger partial charge in [0.15, 0.2) is 0 Å². The minimum Gasteiger partial charge on any atom is -0.369 e. The summed E-state index contributed by atoms with van der Waals surface area (Å²) >= 11 is 0. The normalized spacial score (nSPS) is 18.6. The molecule has 1 atom stereocenters. The summed E-state index contributed by atoms with van der Waals surface area (Å²) in [5.74, 6) is -1.89.